The molecule has 2 aromatic rings. The Bertz CT molecular complexity index is 528. The molecule has 0 bridgehead atoms. The second-order valence-electron chi connectivity index (χ2n) is 6.59. The van der Waals surface area contributed by atoms with Crippen LogP contribution in [0.15, 0.2) is 47.8 Å². The molecule has 1 aliphatic rings. The van der Waals surface area contributed by atoms with E-state index in [9.17, 15) is 0 Å². The third-order valence-electron chi connectivity index (χ3n) is 4.23. The quantitative estimate of drug-likeness (QED) is 0.704. The second kappa shape index (κ2) is 6.76. The molecule has 1 saturated carbocycles. The van der Waals surface area contributed by atoms with Gasteiger partial charge in [0.1, 0.15) is 0 Å². The highest BCUT2D eigenvalue weighted by Gasteiger charge is 2.34. The number of nitrogens with one attached hydrogen (secondary N) is 1. The van der Waals surface area contributed by atoms with Gasteiger partial charge in [0.05, 0.1) is 0 Å². The summed E-state index contributed by atoms with van der Waals surface area (Å²) < 4.78 is 0. The predicted molar refractivity (Wildman–Crippen MR) is 91.6 cm³/mol. The molecule has 2 heteroatoms. The molecule has 1 aliphatic carbocycles. The van der Waals surface area contributed by atoms with Crippen molar-refractivity contribution in [1.29, 1.82) is 0 Å². The largest absolute Gasteiger partial charge is 0.302 e. The molecule has 21 heavy (non-hydrogen) atoms. The van der Waals surface area contributed by atoms with Crippen LogP contribution in [0.2, 0.25) is 0 Å². The van der Waals surface area contributed by atoms with Crippen molar-refractivity contribution < 1.29 is 0 Å². The summed E-state index contributed by atoms with van der Waals surface area (Å²) in [6.45, 7) is 4.63. The first-order chi connectivity index (χ1) is 10.2. The lowest BCUT2D eigenvalue weighted by molar-refractivity contribution is 0.364. The van der Waals surface area contributed by atoms with Gasteiger partial charge in [-0.25, -0.2) is 0 Å². The molecular weight excluding hydrogens is 274 g/mol. The van der Waals surface area contributed by atoms with Crippen LogP contribution in [0.4, 0.5) is 0 Å². The van der Waals surface area contributed by atoms with Crippen LogP contribution in [0.5, 0.6) is 0 Å². The molecule has 112 valence electrons. The summed E-state index contributed by atoms with van der Waals surface area (Å²) in [5.74, 6) is 1.54. The fourth-order valence-corrected chi connectivity index (χ4v) is 3.90. The summed E-state index contributed by atoms with van der Waals surface area (Å²) >= 11 is 1.89. The van der Waals surface area contributed by atoms with Gasteiger partial charge in [0.25, 0.3) is 0 Å². The molecule has 1 N–H and O–H groups in total. The monoisotopic (exact) mass is 299 g/mol. The summed E-state index contributed by atoms with van der Waals surface area (Å²) in [6, 6.07) is 16.4. The SMILES string of the molecule is CC(C)CC(NC(c1cccs1)C1CC1)c1ccccc1. The molecular formula is C19H25NS. The highest BCUT2D eigenvalue weighted by atomic mass is 32.1. The van der Waals surface area contributed by atoms with Crippen LogP contribution in [0.25, 0.3) is 0 Å². The topological polar surface area (TPSA) is 12.0 Å². The summed E-state index contributed by atoms with van der Waals surface area (Å²) in [4.78, 5) is 1.50. The van der Waals surface area contributed by atoms with E-state index in [1.807, 2.05) is 11.3 Å². The Hall–Kier alpha value is -1.12. The van der Waals surface area contributed by atoms with Crippen LogP contribution >= 0.6 is 11.3 Å². The first kappa shape index (κ1) is 14.8. The summed E-state index contributed by atoms with van der Waals surface area (Å²) in [7, 11) is 0. The van der Waals surface area contributed by atoms with Crippen LogP contribution in [0.3, 0.4) is 0 Å². The van der Waals surface area contributed by atoms with Crippen LogP contribution in [0, 0.1) is 11.8 Å². The summed E-state index contributed by atoms with van der Waals surface area (Å²) in [5, 5.41) is 6.18. The van der Waals surface area contributed by atoms with E-state index in [1.54, 1.807) is 0 Å². The highest BCUT2D eigenvalue weighted by molar-refractivity contribution is 7.10. The average molecular weight is 299 g/mol. The Balaban J connectivity index is 1.79. The number of thiophene rings is 1. The van der Waals surface area contributed by atoms with Gasteiger partial charge < -0.3 is 5.32 Å². The number of rotatable bonds is 7. The third-order valence-corrected chi connectivity index (χ3v) is 5.19. The molecule has 2 atom stereocenters. The molecule has 0 amide bonds. The molecule has 1 fully saturated rings. The third kappa shape index (κ3) is 3.96. The van der Waals surface area contributed by atoms with E-state index in [1.165, 1.54) is 29.7 Å². The van der Waals surface area contributed by atoms with Crippen molar-refractivity contribution in [2.24, 2.45) is 11.8 Å². The van der Waals surface area contributed by atoms with E-state index in [4.69, 9.17) is 0 Å². The van der Waals surface area contributed by atoms with E-state index in [0.29, 0.717) is 18.0 Å². The molecule has 3 rings (SSSR count). The molecule has 0 saturated heterocycles. The molecule has 0 radical (unpaired) electrons. The van der Waals surface area contributed by atoms with E-state index in [-0.39, 0.29) is 0 Å². The van der Waals surface area contributed by atoms with Crippen LogP contribution in [-0.2, 0) is 0 Å². The van der Waals surface area contributed by atoms with Crippen LogP contribution in [0.1, 0.15) is 55.6 Å². The van der Waals surface area contributed by atoms with Gasteiger partial charge in [-0.15, -0.1) is 11.3 Å². The van der Waals surface area contributed by atoms with Crippen LogP contribution in [-0.4, -0.2) is 0 Å². The van der Waals surface area contributed by atoms with E-state index >= 15 is 0 Å². The van der Waals surface area contributed by atoms with Crippen molar-refractivity contribution in [1.82, 2.24) is 5.32 Å². The van der Waals surface area contributed by atoms with Gasteiger partial charge in [-0.3, -0.25) is 0 Å². The smallest absolute Gasteiger partial charge is 0.0448 e. The molecule has 0 aliphatic heterocycles. The van der Waals surface area contributed by atoms with Crippen molar-refractivity contribution in [3.8, 4) is 0 Å². The number of hydrogen-bond donors (Lipinski definition) is 1. The number of hydrogen-bond acceptors (Lipinski definition) is 2. The summed E-state index contributed by atoms with van der Waals surface area (Å²) in [6.07, 6.45) is 3.94. The maximum absolute atomic E-state index is 3.98. The molecule has 1 heterocycles. The molecule has 2 unspecified atom stereocenters. The minimum atomic E-state index is 0.457. The fraction of sp³-hybridized carbons (Fsp3) is 0.474. The normalized spacial score (nSPS) is 17.9. The van der Waals surface area contributed by atoms with Crippen molar-refractivity contribution in [2.75, 3.05) is 0 Å². The Kier molecular flexibility index (Phi) is 4.77. The lowest BCUT2D eigenvalue weighted by atomic mass is 9.95. The zero-order valence-electron chi connectivity index (χ0n) is 13.0. The summed E-state index contributed by atoms with van der Waals surface area (Å²) in [5.41, 5.74) is 1.42. The minimum Gasteiger partial charge on any atom is -0.302 e. The lowest BCUT2D eigenvalue weighted by Gasteiger charge is -2.27. The van der Waals surface area contributed by atoms with Crippen molar-refractivity contribution in [3.05, 3.63) is 58.3 Å². The van der Waals surface area contributed by atoms with E-state index in [2.05, 4.69) is 67.0 Å². The van der Waals surface area contributed by atoms with Gasteiger partial charge >= 0.3 is 0 Å². The van der Waals surface area contributed by atoms with E-state index in [0.717, 1.165) is 5.92 Å². The maximum atomic E-state index is 3.98. The van der Waals surface area contributed by atoms with Gasteiger partial charge in [-0.1, -0.05) is 50.2 Å². The Morgan fingerprint density at radius 3 is 2.43 bits per heavy atom. The zero-order valence-corrected chi connectivity index (χ0v) is 13.8. The van der Waals surface area contributed by atoms with Gasteiger partial charge in [0.2, 0.25) is 0 Å². The van der Waals surface area contributed by atoms with Crippen molar-refractivity contribution in [2.45, 2.75) is 45.2 Å². The predicted octanol–water partition coefficient (Wildman–Crippen LogP) is 5.58. The average Bonchev–Trinajstić information content (AvgIpc) is 3.18. The molecule has 1 aromatic heterocycles. The standard InChI is InChI=1S/C19H25NS/c1-14(2)13-17(15-7-4-3-5-8-15)20-19(16-10-11-16)18-9-6-12-21-18/h3-9,12,14,16-17,19-20H,10-11,13H2,1-2H3. The second-order valence-corrected chi connectivity index (χ2v) is 7.57. The Labute approximate surface area is 132 Å². The van der Waals surface area contributed by atoms with Gasteiger partial charge in [-0.2, -0.15) is 0 Å². The number of benzene rings is 1. The highest BCUT2D eigenvalue weighted by Crippen LogP contribution is 2.44. The maximum Gasteiger partial charge on any atom is 0.0448 e. The first-order valence-electron chi connectivity index (χ1n) is 8.08. The van der Waals surface area contributed by atoms with Crippen LogP contribution < -0.4 is 5.32 Å². The van der Waals surface area contributed by atoms with Gasteiger partial charge in [0.15, 0.2) is 0 Å². The van der Waals surface area contributed by atoms with Gasteiger partial charge in [0, 0.05) is 17.0 Å². The van der Waals surface area contributed by atoms with E-state index < -0.39 is 0 Å². The molecule has 0 spiro atoms. The first-order valence-corrected chi connectivity index (χ1v) is 8.96. The fourth-order valence-electron chi connectivity index (χ4n) is 3.02. The van der Waals surface area contributed by atoms with Crippen molar-refractivity contribution >= 4 is 11.3 Å². The molecule has 1 aromatic carbocycles. The zero-order chi connectivity index (χ0) is 14.7. The Morgan fingerprint density at radius 1 is 1.10 bits per heavy atom. The van der Waals surface area contributed by atoms with Crippen molar-refractivity contribution in [3.63, 3.8) is 0 Å². The minimum absolute atomic E-state index is 0.457. The molecule has 1 nitrogen and oxygen atoms in total. The lowest BCUT2D eigenvalue weighted by Crippen LogP contribution is -2.28. The van der Waals surface area contributed by atoms with Gasteiger partial charge in [-0.05, 0) is 48.1 Å². The Morgan fingerprint density at radius 2 is 1.86 bits per heavy atom.